The van der Waals surface area contributed by atoms with Gasteiger partial charge in [0.15, 0.2) is 5.96 Å². The van der Waals surface area contributed by atoms with Gasteiger partial charge in [0.25, 0.3) is 0 Å². The summed E-state index contributed by atoms with van der Waals surface area (Å²) >= 11 is 0. The molecule has 6 nitrogen and oxygen atoms in total. The molecule has 1 aromatic rings. The van der Waals surface area contributed by atoms with Crippen LogP contribution in [0.5, 0.6) is 5.75 Å². The topological polar surface area (TPSA) is 58.1 Å². The molecule has 2 atom stereocenters. The predicted octanol–water partition coefficient (Wildman–Crippen LogP) is 2.29. The lowest BCUT2D eigenvalue weighted by Gasteiger charge is -2.45. The first-order valence-corrected chi connectivity index (χ1v) is 9.82. The van der Waals surface area contributed by atoms with E-state index in [2.05, 4.69) is 60.4 Å². The van der Waals surface area contributed by atoms with Gasteiger partial charge >= 0.3 is 0 Å². The molecule has 1 heterocycles. The highest BCUT2D eigenvalue weighted by Crippen LogP contribution is 2.20. The van der Waals surface area contributed by atoms with Crippen molar-refractivity contribution in [2.75, 3.05) is 40.3 Å². The van der Waals surface area contributed by atoms with E-state index in [1.807, 2.05) is 19.2 Å². The summed E-state index contributed by atoms with van der Waals surface area (Å²) in [6.45, 7) is 12.4. The Labute approximate surface area is 164 Å². The van der Waals surface area contributed by atoms with E-state index in [1.54, 1.807) is 7.11 Å². The van der Waals surface area contributed by atoms with Gasteiger partial charge in [0.2, 0.25) is 0 Å². The number of aliphatic imine (C=N–C) groups is 1. The first kappa shape index (κ1) is 21.5. The van der Waals surface area contributed by atoms with Crippen LogP contribution in [0.4, 0.5) is 0 Å². The summed E-state index contributed by atoms with van der Waals surface area (Å²) in [6, 6.07) is 8.19. The van der Waals surface area contributed by atoms with Gasteiger partial charge in [-0.25, -0.2) is 0 Å². The number of morpholine rings is 1. The number of methoxy groups -OCH3 is 1. The van der Waals surface area contributed by atoms with Crippen LogP contribution in [0, 0.1) is 0 Å². The second-order valence-corrected chi connectivity index (χ2v) is 7.93. The lowest BCUT2D eigenvalue weighted by atomic mass is 10.00. The molecule has 0 saturated carbocycles. The van der Waals surface area contributed by atoms with E-state index in [4.69, 9.17) is 9.47 Å². The van der Waals surface area contributed by atoms with Crippen LogP contribution in [0.3, 0.4) is 0 Å². The van der Waals surface area contributed by atoms with Crippen LogP contribution in [0.1, 0.15) is 33.3 Å². The third-order valence-electron chi connectivity index (χ3n) is 5.05. The molecule has 1 fully saturated rings. The lowest BCUT2D eigenvalue weighted by molar-refractivity contribution is -0.0946. The van der Waals surface area contributed by atoms with E-state index in [0.717, 1.165) is 44.3 Å². The number of ether oxygens (including phenoxy) is 2. The van der Waals surface area contributed by atoms with Gasteiger partial charge in [-0.05, 0) is 51.8 Å². The van der Waals surface area contributed by atoms with Crippen LogP contribution in [0.25, 0.3) is 0 Å². The molecule has 2 N–H and O–H groups in total. The largest absolute Gasteiger partial charge is 0.497 e. The number of nitrogens with one attached hydrogen (secondary N) is 2. The van der Waals surface area contributed by atoms with Crippen LogP contribution < -0.4 is 15.4 Å². The molecule has 152 valence electrons. The first-order valence-electron chi connectivity index (χ1n) is 9.82. The van der Waals surface area contributed by atoms with Gasteiger partial charge in [-0.1, -0.05) is 12.1 Å². The fraction of sp³-hybridized carbons (Fsp3) is 0.667. The summed E-state index contributed by atoms with van der Waals surface area (Å²) in [6.07, 6.45) is 1.48. The van der Waals surface area contributed by atoms with Crippen molar-refractivity contribution in [2.24, 2.45) is 4.99 Å². The average Bonchev–Trinajstić information content (AvgIpc) is 2.64. The summed E-state index contributed by atoms with van der Waals surface area (Å²) in [5, 5.41) is 6.88. The Hall–Kier alpha value is -1.79. The Balaban J connectivity index is 1.78. The standard InChI is InChI=1S/C21H36N4O2/c1-16-13-25(14-17(2)27-16)21(3,4)15-24-20(22-5)23-12-11-18-7-9-19(26-6)10-8-18/h7-10,16-17H,11-15H2,1-6H3,(H2,22,23,24). The molecule has 2 rings (SSSR count). The molecule has 0 spiro atoms. The first-order chi connectivity index (χ1) is 12.8. The Morgan fingerprint density at radius 1 is 1.19 bits per heavy atom. The van der Waals surface area contributed by atoms with Crippen molar-refractivity contribution >= 4 is 5.96 Å². The number of hydrogen-bond acceptors (Lipinski definition) is 4. The molecule has 6 heteroatoms. The summed E-state index contributed by atoms with van der Waals surface area (Å²) < 4.78 is 11.1. The number of guanidine groups is 1. The zero-order chi connectivity index (χ0) is 19.9. The number of hydrogen-bond donors (Lipinski definition) is 2. The number of benzene rings is 1. The molecule has 1 aliphatic heterocycles. The van der Waals surface area contributed by atoms with E-state index in [1.165, 1.54) is 5.56 Å². The fourth-order valence-electron chi connectivity index (χ4n) is 3.42. The second kappa shape index (κ2) is 9.95. The van der Waals surface area contributed by atoms with Gasteiger partial charge in [-0.2, -0.15) is 0 Å². The summed E-state index contributed by atoms with van der Waals surface area (Å²) in [5.74, 6) is 1.73. The van der Waals surface area contributed by atoms with Gasteiger partial charge < -0.3 is 20.1 Å². The SMILES string of the molecule is CN=C(NCCc1ccc(OC)cc1)NCC(C)(C)N1CC(C)OC(C)C1. The predicted molar refractivity (Wildman–Crippen MR) is 112 cm³/mol. The molecule has 0 aliphatic carbocycles. The second-order valence-electron chi connectivity index (χ2n) is 7.93. The molecule has 0 radical (unpaired) electrons. The third-order valence-corrected chi connectivity index (χ3v) is 5.05. The zero-order valence-corrected chi connectivity index (χ0v) is 17.7. The lowest BCUT2D eigenvalue weighted by Crippen LogP contribution is -2.59. The monoisotopic (exact) mass is 376 g/mol. The summed E-state index contributed by atoms with van der Waals surface area (Å²) in [7, 11) is 3.50. The van der Waals surface area contributed by atoms with Gasteiger partial charge in [-0.15, -0.1) is 0 Å². The van der Waals surface area contributed by atoms with Crippen molar-refractivity contribution in [3.63, 3.8) is 0 Å². The Morgan fingerprint density at radius 2 is 1.81 bits per heavy atom. The zero-order valence-electron chi connectivity index (χ0n) is 17.7. The smallest absolute Gasteiger partial charge is 0.191 e. The maximum Gasteiger partial charge on any atom is 0.191 e. The van der Waals surface area contributed by atoms with E-state index in [0.29, 0.717) is 0 Å². The molecule has 1 aliphatic rings. The van der Waals surface area contributed by atoms with Gasteiger partial charge in [0, 0.05) is 38.8 Å². The van der Waals surface area contributed by atoms with Gasteiger partial charge in [-0.3, -0.25) is 9.89 Å². The van der Waals surface area contributed by atoms with Crippen LogP contribution in [-0.4, -0.2) is 68.9 Å². The fourth-order valence-corrected chi connectivity index (χ4v) is 3.42. The van der Waals surface area contributed by atoms with Crippen molar-refractivity contribution in [1.29, 1.82) is 0 Å². The highest BCUT2D eigenvalue weighted by Gasteiger charge is 2.33. The van der Waals surface area contributed by atoms with Crippen molar-refractivity contribution in [1.82, 2.24) is 15.5 Å². The quantitative estimate of drug-likeness (QED) is 0.565. The summed E-state index contributed by atoms with van der Waals surface area (Å²) in [5.41, 5.74) is 1.30. The average molecular weight is 377 g/mol. The minimum absolute atomic E-state index is 0.0277. The molecule has 1 saturated heterocycles. The number of rotatable bonds is 7. The van der Waals surface area contributed by atoms with Crippen molar-refractivity contribution in [2.45, 2.75) is 51.9 Å². The van der Waals surface area contributed by atoms with Crippen LogP contribution in [-0.2, 0) is 11.2 Å². The highest BCUT2D eigenvalue weighted by atomic mass is 16.5. The van der Waals surface area contributed by atoms with Crippen molar-refractivity contribution in [3.05, 3.63) is 29.8 Å². The third kappa shape index (κ3) is 6.70. The van der Waals surface area contributed by atoms with Crippen LogP contribution in [0.15, 0.2) is 29.3 Å². The Kier molecular flexibility index (Phi) is 7.92. The molecule has 0 amide bonds. The minimum Gasteiger partial charge on any atom is -0.497 e. The maximum absolute atomic E-state index is 5.86. The van der Waals surface area contributed by atoms with E-state index in [-0.39, 0.29) is 17.7 Å². The highest BCUT2D eigenvalue weighted by molar-refractivity contribution is 5.79. The van der Waals surface area contributed by atoms with Gasteiger partial charge in [0.1, 0.15) is 5.75 Å². The van der Waals surface area contributed by atoms with E-state index < -0.39 is 0 Å². The maximum atomic E-state index is 5.86. The molecule has 2 unspecified atom stereocenters. The van der Waals surface area contributed by atoms with Crippen molar-refractivity contribution in [3.8, 4) is 5.75 Å². The van der Waals surface area contributed by atoms with E-state index >= 15 is 0 Å². The van der Waals surface area contributed by atoms with Gasteiger partial charge in [0.05, 0.1) is 19.3 Å². The minimum atomic E-state index is 0.0277. The number of nitrogens with zero attached hydrogens (tertiary/aromatic N) is 2. The molecule has 27 heavy (non-hydrogen) atoms. The van der Waals surface area contributed by atoms with Crippen LogP contribution in [0.2, 0.25) is 0 Å². The molecule has 1 aromatic carbocycles. The molecular formula is C21H36N4O2. The molecule has 0 bridgehead atoms. The van der Waals surface area contributed by atoms with E-state index in [9.17, 15) is 0 Å². The Morgan fingerprint density at radius 3 is 2.37 bits per heavy atom. The summed E-state index contributed by atoms with van der Waals surface area (Å²) in [4.78, 5) is 6.86. The van der Waals surface area contributed by atoms with Crippen LogP contribution >= 0.6 is 0 Å². The normalized spacial score (nSPS) is 21.8. The molecule has 0 aromatic heterocycles. The Bertz CT molecular complexity index is 591. The molecular weight excluding hydrogens is 340 g/mol. The van der Waals surface area contributed by atoms with Crippen molar-refractivity contribution < 1.29 is 9.47 Å².